The Morgan fingerprint density at radius 2 is 2.00 bits per heavy atom. The summed E-state index contributed by atoms with van der Waals surface area (Å²) in [5.41, 5.74) is 4.56. The smallest absolute Gasteiger partial charge is 0.303 e. The lowest BCUT2D eigenvalue weighted by atomic mass is 9.90. The van der Waals surface area contributed by atoms with E-state index in [4.69, 9.17) is 9.63 Å². The van der Waals surface area contributed by atoms with Gasteiger partial charge in [-0.1, -0.05) is 17.3 Å². The number of carbonyl (C=O) groups is 1. The van der Waals surface area contributed by atoms with Gasteiger partial charge in [-0.05, 0) is 42.9 Å². The summed E-state index contributed by atoms with van der Waals surface area (Å²) in [5.74, 6) is -0.0953. The Hall–Kier alpha value is -2.10. The maximum absolute atomic E-state index is 10.6. The number of fused-ring (bicyclic) bond motifs is 1. The molecule has 0 fully saturated rings. The van der Waals surface area contributed by atoms with Gasteiger partial charge in [0.05, 0.1) is 12.1 Å². The summed E-state index contributed by atoms with van der Waals surface area (Å²) >= 11 is 0. The first-order valence-electron chi connectivity index (χ1n) is 7.02. The summed E-state index contributed by atoms with van der Waals surface area (Å²) in [7, 11) is 0. The van der Waals surface area contributed by atoms with E-state index in [-0.39, 0.29) is 6.42 Å². The van der Waals surface area contributed by atoms with Crippen molar-refractivity contribution in [3.8, 4) is 11.3 Å². The van der Waals surface area contributed by atoms with Crippen molar-refractivity contribution in [2.45, 2.75) is 38.5 Å². The summed E-state index contributed by atoms with van der Waals surface area (Å²) in [6.07, 6.45) is 5.30. The quantitative estimate of drug-likeness (QED) is 0.927. The molecule has 1 heterocycles. The van der Waals surface area contributed by atoms with Crippen molar-refractivity contribution >= 4 is 5.97 Å². The number of aromatic nitrogens is 1. The van der Waals surface area contributed by atoms with Crippen molar-refractivity contribution in [2.24, 2.45) is 0 Å². The highest BCUT2D eigenvalue weighted by Crippen LogP contribution is 2.28. The van der Waals surface area contributed by atoms with Crippen molar-refractivity contribution in [3.05, 3.63) is 41.1 Å². The van der Waals surface area contributed by atoms with Crippen LogP contribution in [0, 0.1) is 0 Å². The van der Waals surface area contributed by atoms with Crippen LogP contribution >= 0.6 is 0 Å². The van der Waals surface area contributed by atoms with E-state index in [1.807, 2.05) is 6.07 Å². The average Bonchev–Trinajstić information content (AvgIpc) is 2.93. The molecule has 1 aromatic heterocycles. The summed E-state index contributed by atoms with van der Waals surface area (Å²) in [5, 5.41) is 12.6. The fraction of sp³-hybridized carbons (Fsp3) is 0.375. The van der Waals surface area contributed by atoms with Crippen LogP contribution in [0.2, 0.25) is 0 Å². The Morgan fingerprint density at radius 3 is 2.80 bits per heavy atom. The molecule has 1 aliphatic rings. The fourth-order valence-corrected chi connectivity index (χ4v) is 2.69. The van der Waals surface area contributed by atoms with Crippen LogP contribution in [-0.4, -0.2) is 16.2 Å². The lowest BCUT2D eigenvalue weighted by Gasteiger charge is -2.15. The van der Waals surface area contributed by atoms with Gasteiger partial charge in [-0.25, -0.2) is 0 Å². The predicted octanol–water partition coefficient (Wildman–Crippen LogP) is 3.24. The van der Waals surface area contributed by atoms with Gasteiger partial charge in [-0.2, -0.15) is 0 Å². The highest BCUT2D eigenvalue weighted by Gasteiger charge is 2.13. The molecule has 0 saturated carbocycles. The molecule has 20 heavy (non-hydrogen) atoms. The second-order valence-corrected chi connectivity index (χ2v) is 5.27. The number of aryl methyl sites for hydroxylation is 3. The van der Waals surface area contributed by atoms with E-state index in [9.17, 15) is 4.79 Å². The number of hydrogen-bond acceptors (Lipinski definition) is 3. The van der Waals surface area contributed by atoms with Gasteiger partial charge in [0.15, 0.2) is 5.76 Å². The number of nitrogens with zero attached hydrogens (tertiary/aromatic N) is 1. The first kappa shape index (κ1) is 12.9. The van der Waals surface area contributed by atoms with E-state index in [2.05, 4.69) is 23.4 Å². The number of aliphatic carboxylic acids is 1. The number of carboxylic acids is 1. The van der Waals surface area contributed by atoms with E-state index in [1.54, 1.807) is 0 Å². The first-order valence-corrected chi connectivity index (χ1v) is 7.02. The minimum Gasteiger partial charge on any atom is -0.481 e. The van der Waals surface area contributed by atoms with Gasteiger partial charge in [0.25, 0.3) is 0 Å². The topological polar surface area (TPSA) is 63.3 Å². The monoisotopic (exact) mass is 271 g/mol. The molecule has 0 bridgehead atoms. The van der Waals surface area contributed by atoms with Crippen LogP contribution in [0.25, 0.3) is 11.3 Å². The second-order valence-electron chi connectivity index (χ2n) is 5.27. The van der Waals surface area contributed by atoms with Gasteiger partial charge in [0, 0.05) is 18.1 Å². The van der Waals surface area contributed by atoms with Gasteiger partial charge >= 0.3 is 5.97 Å². The largest absolute Gasteiger partial charge is 0.481 e. The van der Waals surface area contributed by atoms with E-state index in [1.165, 1.54) is 24.0 Å². The molecule has 0 saturated heterocycles. The second kappa shape index (κ2) is 5.49. The zero-order chi connectivity index (χ0) is 13.9. The molecular formula is C16H17NO3. The maximum atomic E-state index is 10.6. The Bertz CT molecular complexity index is 630. The van der Waals surface area contributed by atoms with Crippen LogP contribution in [-0.2, 0) is 24.1 Å². The van der Waals surface area contributed by atoms with E-state index in [0.29, 0.717) is 12.1 Å². The first-order chi connectivity index (χ1) is 9.72. The Labute approximate surface area is 117 Å². The van der Waals surface area contributed by atoms with Crippen LogP contribution in [0.1, 0.15) is 36.1 Å². The van der Waals surface area contributed by atoms with E-state index < -0.39 is 5.97 Å². The molecule has 1 aromatic carbocycles. The van der Waals surface area contributed by atoms with Crippen molar-refractivity contribution in [3.63, 3.8) is 0 Å². The predicted molar refractivity (Wildman–Crippen MR) is 74.5 cm³/mol. The SMILES string of the molecule is O=C(O)CCc1cc(-c2ccc3c(c2)CCCC3)on1. The van der Waals surface area contributed by atoms with Crippen LogP contribution < -0.4 is 0 Å². The maximum Gasteiger partial charge on any atom is 0.303 e. The molecule has 0 spiro atoms. The lowest BCUT2D eigenvalue weighted by Crippen LogP contribution is -2.02. The molecule has 2 aromatic rings. The number of rotatable bonds is 4. The van der Waals surface area contributed by atoms with Crippen LogP contribution in [0.3, 0.4) is 0 Å². The number of hydrogen-bond donors (Lipinski definition) is 1. The molecule has 1 aliphatic carbocycles. The average molecular weight is 271 g/mol. The van der Waals surface area contributed by atoms with Crippen molar-refractivity contribution in [2.75, 3.05) is 0 Å². The molecule has 4 nitrogen and oxygen atoms in total. The van der Waals surface area contributed by atoms with E-state index in [0.717, 1.165) is 24.2 Å². The van der Waals surface area contributed by atoms with E-state index >= 15 is 0 Å². The summed E-state index contributed by atoms with van der Waals surface area (Å²) in [6.45, 7) is 0. The van der Waals surface area contributed by atoms with Gasteiger partial charge in [-0.3, -0.25) is 4.79 Å². The molecule has 0 unspecified atom stereocenters. The third kappa shape index (κ3) is 2.74. The third-order valence-electron chi connectivity index (χ3n) is 3.79. The standard InChI is InChI=1S/C16H17NO3/c18-16(19)8-7-14-10-15(20-17-14)13-6-5-11-3-1-2-4-12(11)9-13/h5-6,9-10H,1-4,7-8H2,(H,18,19). The Morgan fingerprint density at radius 1 is 1.20 bits per heavy atom. The molecule has 0 amide bonds. The molecule has 0 atom stereocenters. The van der Waals surface area contributed by atoms with Crippen LogP contribution in [0.15, 0.2) is 28.8 Å². The van der Waals surface area contributed by atoms with Crippen LogP contribution in [0.4, 0.5) is 0 Å². The zero-order valence-electron chi connectivity index (χ0n) is 11.3. The highest BCUT2D eigenvalue weighted by atomic mass is 16.5. The van der Waals surface area contributed by atoms with Crippen molar-refractivity contribution < 1.29 is 14.4 Å². The minimum absolute atomic E-state index is 0.0795. The summed E-state index contributed by atoms with van der Waals surface area (Å²) in [6, 6.07) is 8.25. The summed E-state index contributed by atoms with van der Waals surface area (Å²) in [4.78, 5) is 10.6. The van der Waals surface area contributed by atoms with Gasteiger partial charge in [-0.15, -0.1) is 0 Å². The highest BCUT2D eigenvalue weighted by molar-refractivity contribution is 5.67. The minimum atomic E-state index is -0.816. The number of carboxylic acid groups (broad SMARTS) is 1. The molecular weight excluding hydrogens is 254 g/mol. The van der Waals surface area contributed by atoms with Crippen molar-refractivity contribution in [1.82, 2.24) is 5.16 Å². The molecule has 3 rings (SSSR count). The number of benzene rings is 1. The van der Waals surface area contributed by atoms with Gasteiger partial charge < -0.3 is 9.63 Å². The van der Waals surface area contributed by atoms with Gasteiger partial charge in [0.1, 0.15) is 0 Å². The third-order valence-corrected chi connectivity index (χ3v) is 3.79. The molecule has 0 radical (unpaired) electrons. The normalized spacial score (nSPS) is 14.0. The molecule has 0 aliphatic heterocycles. The van der Waals surface area contributed by atoms with Crippen molar-refractivity contribution in [1.29, 1.82) is 0 Å². The zero-order valence-corrected chi connectivity index (χ0v) is 11.3. The van der Waals surface area contributed by atoms with Crippen LogP contribution in [0.5, 0.6) is 0 Å². The Balaban J connectivity index is 1.80. The molecule has 4 heteroatoms. The molecule has 104 valence electrons. The summed E-state index contributed by atoms with van der Waals surface area (Å²) < 4.78 is 5.33. The molecule has 1 N–H and O–H groups in total. The Kier molecular flexibility index (Phi) is 3.54. The van der Waals surface area contributed by atoms with Gasteiger partial charge in [0.2, 0.25) is 0 Å². The lowest BCUT2D eigenvalue weighted by molar-refractivity contribution is -0.136. The fourth-order valence-electron chi connectivity index (χ4n) is 2.69.